The van der Waals surface area contributed by atoms with Crippen LogP contribution >= 0.6 is 11.6 Å². The van der Waals surface area contributed by atoms with Crippen molar-refractivity contribution in [2.75, 3.05) is 13.2 Å². The minimum atomic E-state index is -0.642. The van der Waals surface area contributed by atoms with Gasteiger partial charge in [-0.3, -0.25) is 4.79 Å². The van der Waals surface area contributed by atoms with E-state index >= 15 is 0 Å². The molecular formula is C13H15ClFNO3. The number of nitrogens with one attached hydrogen (secondary N) is 1. The van der Waals surface area contributed by atoms with Crippen molar-refractivity contribution in [2.24, 2.45) is 0 Å². The molecule has 104 valence electrons. The Kier molecular flexibility index (Phi) is 4.08. The molecule has 0 saturated carbocycles. The summed E-state index contributed by atoms with van der Waals surface area (Å²) in [5, 5.41) is 2.92. The van der Waals surface area contributed by atoms with E-state index in [1.54, 1.807) is 13.8 Å². The third-order valence-corrected chi connectivity index (χ3v) is 2.97. The Morgan fingerprint density at radius 2 is 2.32 bits per heavy atom. The summed E-state index contributed by atoms with van der Waals surface area (Å²) in [5.74, 6) is -1.77. The second-order valence-corrected chi connectivity index (χ2v) is 5.22. The van der Waals surface area contributed by atoms with Gasteiger partial charge in [-0.2, -0.15) is 0 Å². The van der Waals surface area contributed by atoms with Gasteiger partial charge in [-0.25, -0.2) is 4.39 Å². The van der Waals surface area contributed by atoms with E-state index in [1.807, 2.05) is 0 Å². The molecule has 1 amide bonds. The van der Waals surface area contributed by atoms with Crippen LogP contribution in [0.5, 0.6) is 0 Å². The molecule has 1 aromatic carbocycles. The zero-order valence-corrected chi connectivity index (χ0v) is 11.5. The lowest BCUT2D eigenvalue weighted by atomic mass is 10.2. The summed E-state index contributed by atoms with van der Waals surface area (Å²) in [4.78, 5) is 11.8. The predicted molar refractivity (Wildman–Crippen MR) is 68.6 cm³/mol. The van der Waals surface area contributed by atoms with Crippen LogP contribution in [0.25, 0.3) is 0 Å². The molecule has 1 aliphatic heterocycles. The van der Waals surface area contributed by atoms with E-state index in [1.165, 1.54) is 12.1 Å². The number of rotatable bonds is 3. The zero-order chi connectivity index (χ0) is 14.0. The van der Waals surface area contributed by atoms with E-state index in [-0.39, 0.29) is 18.2 Å². The van der Waals surface area contributed by atoms with Crippen molar-refractivity contribution in [3.05, 3.63) is 34.6 Å². The number of ether oxygens (including phenoxy) is 2. The zero-order valence-electron chi connectivity index (χ0n) is 10.7. The van der Waals surface area contributed by atoms with Gasteiger partial charge < -0.3 is 14.8 Å². The van der Waals surface area contributed by atoms with Gasteiger partial charge in [-0.05, 0) is 32.0 Å². The van der Waals surface area contributed by atoms with Crippen LogP contribution in [0.15, 0.2) is 18.2 Å². The molecule has 4 nitrogen and oxygen atoms in total. The third kappa shape index (κ3) is 3.65. The van der Waals surface area contributed by atoms with Crippen molar-refractivity contribution in [1.29, 1.82) is 0 Å². The van der Waals surface area contributed by atoms with Gasteiger partial charge in [0.15, 0.2) is 5.79 Å². The van der Waals surface area contributed by atoms with E-state index in [0.29, 0.717) is 11.6 Å². The molecule has 0 aliphatic carbocycles. The molecule has 1 N–H and O–H groups in total. The highest BCUT2D eigenvalue weighted by atomic mass is 35.5. The number of benzene rings is 1. The molecule has 1 aliphatic rings. The van der Waals surface area contributed by atoms with Crippen molar-refractivity contribution in [3.8, 4) is 0 Å². The molecule has 2 rings (SSSR count). The van der Waals surface area contributed by atoms with Gasteiger partial charge in [0.1, 0.15) is 11.9 Å². The van der Waals surface area contributed by atoms with Gasteiger partial charge in [-0.1, -0.05) is 11.6 Å². The molecule has 6 heteroatoms. The van der Waals surface area contributed by atoms with E-state index in [9.17, 15) is 9.18 Å². The molecule has 0 spiro atoms. The highest BCUT2D eigenvalue weighted by Gasteiger charge is 2.32. The standard InChI is InChI=1S/C13H15ClFNO3/c1-13(2)18-7-9(19-13)6-16-12(17)10-5-8(14)3-4-11(10)15/h3-5,9H,6-7H2,1-2H3,(H,16,17). The lowest BCUT2D eigenvalue weighted by Crippen LogP contribution is -2.34. The van der Waals surface area contributed by atoms with Crippen molar-refractivity contribution in [3.63, 3.8) is 0 Å². The average molecular weight is 288 g/mol. The number of carbonyl (C=O) groups is 1. The van der Waals surface area contributed by atoms with Gasteiger partial charge in [-0.15, -0.1) is 0 Å². The summed E-state index contributed by atoms with van der Waals surface area (Å²) in [6, 6.07) is 3.85. The fourth-order valence-electron chi connectivity index (χ4n) is 1.84. The highest BCUT2D eigenvalue weighted by Crippen LogP contribution is 2.22. The maximum atomic E-state index is 13.5. The largest absolute Gasteiger partial charge is 0.349 e. The van der Waals surface area contributed by atoms with Crippen molar-refractivity contribution in [2.45, 2.75) is 25.7 Å². The Morgan fingerprint density at radius 3 is 2.95 bits per heavy atom. The Morgan fingerprint density at radius 1 is 1.58 bits per heavy atom. The number of amides is 1. The van der Waals surface area contributed by atoms with E-state index in [0.717, 1.165) is 6.07 Å². The van der Waals surface area contributed by atoms with Crippen molar-refractivity contribution in [1.82, 2.24) is 5.32 Å². The van der Waals surface area contributed by atoms with Crippen LogP contribution < -0.4 is 5.32 Å². The second kappa shape index (κ2) is 5.45. The molecule has 1 heterocycles. The van der Waals surface area contributed by atoms with E-state index in [4.69, 9.17) is 21.1 Å². The summed E-state index contributed by atoms with van der Waals surface area (Å²) in [7, 11) is 0. The first-order valence-corrected chi connectivity index (χ1v) is 6.30. The molecule has 19 heavy (non-hydrogen) atoms. The third-order valence-electron chi connectivity index (χ3n) is 2.73. The van der Waals surface area contributed by atoms with Crippen LogP contribution in [0.2, 0.25) is 5.02 Å². The first kappa shape index (κ1) is 14.2. The predicted octanol–water partition coefficient (Wildman–Crippen LogP) is 2.36. The molecule has 1 unspecified atom stereocenters. The van der Waals surface area contributed by atoms with E-state index in [2.05, 4.69) is 5.32 Å². The molecule has 0 aromatic heterocycles. The van der Waals surface area contributed by atoms with Gasteiger partial charge in [0.2, 0.25) is 0 Å². The van der Waals surface area contributed by atoms with Crippen LogP contribution in [0, 0.1) is 5.82 Å². The maximum absolute atomic E-state index is 13.5. The van der Waals surface area contributed by atoms with Crippen LogP contribution in [0.1, 0.15) is 24.2 Å². The van der Waals surface area contributed by atoms with Gasteiger partial charge >= 0.3 is 0 Å². The lowest BCUT2D eigenvalue weighted by molar-refractivity contribution is -0.137. The Balaban J connectivity index is 1.93. The lowest BCUT2D eigenvalue weighted by Gasteiger charge is -2.17. The Bertz CT molecular complexity index is 493. The highest BCUT2D eigenvalue weighted by molar-refractivity contribution is 6.30. The first-order valence-electron chi connectivity index (χ1n) is 5.92. The monoisotopic (exact) mass is 287 g/mol. The molecule has 0 bridgehead atoms. The van der Waals surface area contributed by atoms with E-state index < -0.39 is 17.5 Å². The molecule has 0 radical (unpaired) electrons. The van der Waals surface area contributed by atoms with Crippen LogP contribution in [0.3, 0.4) is 0 Å². The summed E-state index contributed by atoms with van der Waals surface area (Å²) in [6.07, 6.45) is -0.235. The summed E-state index contributed by atoms with van der Waals surface area (Å²) >= 11 is 5.73. The second-order valence-electron chi connectivity index (χ2n) is 4.78. The maximum Gasteiger partial charge on any atom is 0.254 e. The Labute approximate surface area is 115 Å². The van der Waals surface area contributed by atoms with Crippen LogP contribution in [-0.2, 0) is 9.47 Å². The van der Waals surface area contributed by atoms with Gasteiger partial charge in [0.25, 0.3) is 5.91 Å². The van der Waals surface area contributed by atoms with Crippen molar-refractivity contribution < 1.29 is 18.7 Å². The van der Waals surface area contributed by atoms with Gasteiger partial charge in [0.05, 0.1) is 12.2 Å². The minimum absolute atomic E-state index is 0.0781. The molecular weight excluding hydrogens is 273 g/mol. The smallest absolute Gasteiger partial charge is 0.254 e. The SMILES string of the molecule is CC1(C)OCC(CNC(=O)c2cc(Cl)ccc2F)O1. The fourth-order valence-corrected chi connectivity index (χ4v) is 2.01. The Hall–Kier alpha value is -1.17. The first-order chi connectivity index (χ1) is 8.87. The number of hydrogen-bond acceptors (Lipinski definition) is 3. The molecule has 1 saturated heterocycles. The normalized spacial score (nSPS) is 21.4. The quantitative estimate of drug-likeness (QED) is 0.928. The molecule has 1 aromatic rings. The van der Waals surface area contributed by atoms with Crippen LogP contribution in [0.4, 0.5) is 4.39 Å². The summed E-state index contributed by atoms with van der Waals surface area (Å²) < 4.78 is 24.4. The number of hydrogen-bond donors (Lipinski definition) is 1. The minimum Gasteiger partial charge on any atom is -0.349 e. The average Bonchev–Trinajstić information content (AvgIpc) is 2.69. The van der Waals surface area contributed by atoms with Crippen LogP contribution in [-0.4, -0.2) is 30.9 Å². The summed E-state index contributed by atoms with van der Waals surface area (Å²) in [5.41, 5.74) is -0.0781. The molecule has 1 fully saturated rings. The molecule has 1 atom stereocenters. The van der Waals surface area contributed by atoms with Gasteiger partial charge in [0, 0.05) is 11.6 Å². The topological polar surface area (TPSA) is 47.6 Å². The summed E-state index contributed by atoms with van der Waals surface area (Å²) in [6.45, 7) is 4.25. The van der Waals surface area contributed by atoms with Crippen molar-refractivity contribution >= 4 is 17.5 Å². The number of halogens is 2. The fraction of sp³-hybridized carbons (Fsp3) is 0.462. The number of carbonyl (C=O) groups excluding carboxylic acids is 1.